The van der Waals surface area contributed by atoms with Gasteiger partial charge in [0.05, 0.1) is 5.56 Å². The Kier molecular flexibility index (Phi) is 7.53. The first-order valence-electron chi connectivity index (χ1n) is 6.42. The van der Waals surface area contributed by atoms with Gasteiger partial charge >= 0.3 is 5.97 Å². The van der Waals surface area contributed by atoms with Gasteiger partial charge in [-0.15, -0.1) is 0 Å². The van der Waals surface area contributed by atoms with Crippen LogP contribution in [0.1, 0.15) is 16.8 Å². The van der Waals surface area contributed by atoms with Crippen LogP contribution in [0, 0.1) is 0 Å². The molecule has 4 heteroatoms. The molecule has 0 saturated heterocycles. The Balaban J connectivity index is 0.000000204. The zero-order valence-electron chi connectivity index (χ0n) is 11.2. The standard InChI is InChI=1S/C9H13NO.C7H6O2/c11-8-4-7-10-9-5-2-1-3-6-9;8-7(9)6-4-2-1-3-5-6/h1-3,5-6,10-11H,4,7-8H2;1-5H,(H,8,9). The van der Waals surface area contributed by atoms with Crippen molar-refractivity contribution >= 4 is 11.7 Å². The molecule has 0 unspecified atom stereocenters. The van der Waals surface area contributed by atoms with Crippen molar-refractivity contribution in [1.82, 2.24) is 0 Å². The minimum absolute atomic E-state index is 0.250. The maximum absolute atomic E-state index is 10.2. The fraction of sp³-hybridized carbons (Fsp3) is 0.188. The number of anilines is 1. The molecule has 0 bridgehead atoms. The Morgan fingerprint density at radius 1 is 0.950 bits per heavy atom. The highest BCUT2D eigenvalue weighted by atomic mass is 16.4. The minimum atomic E-state index is -0.879. The van der Waals surface area contributed by atoms with Crippen molar-refractivity contribution in [3.05, 3.63) is 66.2 Å². The second-order valence-electron chi connectivity index (χ2n) is 4.04. The molecule has 0 amide bonds. The number of carboxylic acids is 1. The number of aliphatic hydroxyl groups excluding tert-OH is 1. The van der Waals surface area contributed by atoms with E-state index in [0.29, 0.717) is 5.56 Å². The molecular formula is C16H19NO3. The molecule has 106 valence electrons. The highest BCUT2D eigenvalue weighted by molar-refractivity contribution is 5.87. The topological polar surface area (TPSA) is 69.6 Å². The SMILES string of the molecule is O=C(O)c1ccccc1.OCCCNc1ccccc1. The number of aromatic carboxylic acids is 1. The maximum atomic E-state index is 10.2. The zero-order valence-corrected chi connectivity index (χ0v) is 11.2. The van der Waals surface area contributed by atoms with Gasteiger partial charge in [-0.25, -0.2) is 4.79 Å². The van der Waals surface area contributed by atoms with Crippen LogP contribution in [-0.4, -0.2) is 29.3 Å². The molecule has 0 radical (unpaired) electrons. The van der Waals surface area contributed by atoms with Gasteiger partial charge in [0.2, 0.25) is 0 Å². The summed E-state index contributed by atoms with van der Waals surface area (Å²) in [6.45, 7) is 1.08. The van der Waals surface area contributed by atoms with E-state index in [-0.39, 0.29) is 6.61 Å². The first-order chi connectivity index (χ1) is 9.74. The van der Waals surface area contributed by atoms with E-state index in [9.17, 15) is 4.79 Å². The Labute approximate surface area is 118 Å². The van der Waals surface area contributed by atoms with Gasteiger partial charge in [-0.05, 0) is 30.7 Å². The van der Waals surface area contributed by atoms with Crippen LogP contribution in [0.4, 0.5) is 5.69 Å². The lowest BCUT2D eigenvalue weighted by Crippen LogP contribution is -2.02. The number of nitrogens with one attached hydrogen (secondary N) is 1. The van der Waals surface area contributed by atoms with Crippen LogP contribution >= 0.6 is 0 Å². The van der Waals surface area contributed by atoms with E-state index in [2.05, 4.69) is 5.32 Å². The third-order valence-corrected chi connectivity index (χ3v) is 2.46. The first kappa shape index (κ1) is 15.7. The van der Waals surface area contributed by atoms with E-state index in [4.69, 9.17) is 10.2 Å². The molecule has 0 aliphatic rings. The fourth-order valence-corrected chi connectivity index (χ4v) is 1.45. The number of para-hydroxylation sites is 1. The third-order valence-electron chi connectivity index (χ3n) is 2.46. The van der Waals surface area contributed by atoms with Crippen LogP contribution in [0.25, 0.3) is 0 Å². The summed E-state index contributed by atoms with van der Waals surface area (Å²) in [4.78, 5) is 10.2. The quantitative estimate of drug-likeness (QED) is 0.733. The molecule has 0 aliphatic heterocycles. The summed E-state index contributed by atoms with van der Waals surface area (Å²) in [6, 6.07) is 18.3. The molecule has 4 nitrogen and oxygen atoms in total. The lowest BCUT2D eigenvalue weighted by atomic mass is 10.2. The molecule has 2 aromatic rings. The summed E-state index contributed by atoms with van der Waals surface area (Å²) < 4.78 is 0. The summed E-state index contributed by atoms with van der Waals surface area (Å²) >= 11 is 0. The monoisotopic (exact) mass is 273 g/mol. The van der Waals surface area contributed by atoms with Crippen molar-refractivity contribution in [3.8, 4) is 0 Å². The maximum Gasteiger partial charge on any atom is 0.335 e. The number of hydrogen-bond donors (Lipinski definition) is 3. The highest BCUT2D eigenvalue weighted by Gasteiger charge is 1.96. The summed E-state index contributed by atoms with van der Waals surface area (Å²) in [6.07, 6.45) is 0.800. The van der Waals surface area contributed by atoms with Gasteiger partial charge in [-0.1, -0.05) is 36.4 Å². The molecule has 0 fully saturated rings. The van der Waals surface area contributed by atoms with Crippen molar-refractivity contribution < 1.29 is 15.0 Å². The van der Waals surface area contributed by atoms with Crippen molar-refractivity contribution in [3.63, 3.8) is 0 Å². The lowest BCUT2D eigenvalue weighted by Gasteiger charge is -2.03. The van der Waals surface area contributed by atoms with Crippen LogP contribution in [-0.2, 0) is 0 Å². The van der Waals surface area contributed by atoms with Crippen molar-refractivity contribution in [2.24, 2.45) is 0 Å². The molecule has 0 spiro atoms. The average Bonchev–Trinajstić information content (AvgIpc) is 2.50. The second-order valence-corrected chi connectivity index (χ2v) is 4.04. The summed E-state index contributed by atoms with van der Waals surface area (Å²) in [7, 11) is 0. The van der Waals surface area contributed by atoms with Gasteiger partial charge in [0.1, 0.15) is 0 Å². The summed E-state index contributed by atoms with van der Waals surface area (Å²) in [5.74, 6) is -0.879. The first-order valence-corrected chi connectivity index (χ1v) is 6.42. The van der Waals surface area contributed by atoms with Crippen molar-refractivity contribution in [2.75, 3.05) is 18.5 Å². The van der Waals surface area contributed by atoms with Gasteiger partial charge in [0.15, 0.2) is 0 Å². The number of hydrogen-bond acceptors (Lipinski definition) is 3. The molecule has 0 aliphatic carbocycles. The molecule has 3 N–H and O–H groups in total. The van der Waals surface area contributed by atoms with E-state index in [1.54, 1.807) is 30.3 Å². The average molecular weight is 273 g/mol. The lowest BCUT2D eigenvalue weighted by molar-refractivity contribution is 0.0697. The molecule has 20 heavy (non-hydrogen) atoms. The van der Waals surface area contributed by atoms with Crippen LogP contribution in [0.3, 0.4) is 0 Å². The van der Waals surface area contributed by atoms with Crippen LogP contribution in [0.15, 0.2) is 60.7 Å². The minimum Gasteiger partial charge on any atom is -0.478 e. The Morgan fingerprint density at radius 3 is 1.95 bits per heavy atom. The third kappa shape index (κ3) is 6.56. The van der Waals surface area contributed by atoms with Gasteiger partial charge in [-0.3, -0.25) is 0 Å². The van der Waals surface area contributed by atoms with Crippen LogP contribution in [0.2, 0.25) is 0 Å². The Bertz CT molecular complexity index is 486. The second kappa shape index (κ2) is 9.58. The molecule has 2 rings (SSSR count). The van der Waals surface area contributed by atoms with Gasteiger partial charge < -0.3 is 15.5 Å². The van der Waals surface area contributed by atoms with Gasteiger partial charge in [0.25, 0.3) is 0 Å². The predicted octanol–water partition coefficient (Wildman–Crippen LogP) is 2.87. The molecule has 0 atom stereocenters. The normalized spacial score (nSPS) is 9.25. The molecule has 0 saturated carbocycles. The molecular weight excluding hydrogens is 254 g/mol. The number of rotatable bonds is 5. The summed E-state index contributed by atoms with van der Waals surface area (Å²) in [5.41, 5.74) is 1.44. The molecule has 0 aromatic heterocycles. The fourth-order valence-electron chi connectivity index (χ4n) is 1.45. The van der Waals surface area contributed by atoms with E-state index >= 15 is 0 Å². The van der Waals surface area contributed by atoms with Gasteiger partial charge in [-0.2, -0.15) is 0 Å². The van der Waals surface area contributed by atoms with Crippen molar-refractivity contribution in [1.29, 1.82) is 0 Å². The van der Waals surface area contributed by atoms with Crippen molar-refractivity contribution in [2.45, 2.75) is 6.42 Å². The highest BCUT2D eigenvalue weighted by Crippen LogP contribution is 2.03. The van der Waals surface area contributed by atoms with E-state index in [1.165, 1.54) is 0 Å². The number of carboxylic acid groups (broad SMARTS) is 1. The summed E-state index contributed by atoms with van der Waals surface area (Å²) in [5, 5.41) is 20.1. The zero-order chi connectivity index (χ0) is 14.6. The van der Waals surface area contributed by atoms with E-state index in [1.807, 2.05) is 30.3 Å². The number of carbonyl (C=O) groups is 1. The molecule has 2 aromatic carbocycles. The van der Waals surface area contributed by atoms with Crippen LogP contribution < -0.4 is 5.32 Å². The smallest absolute Gasteiger partial charge is 0.335 e. The molecule has 0 heterocycles. The van der Waals surface area contributed by atoms with E-state index in [0.717, 1.165) is 18.7 Å². The van der Waals surface area contributed by atoms with Gasteiger partial charge in [0, 0.05) is 18.8 Å². The Hall–Kier alpha value is -2.33. The predicted molar refractivity (Wildman–Crippen MR) is 80.0 cm³/mol. The largest absolute Gasteiger partial charge is 0.478 e. The van der Waals surface area contributed by atoms with E-state index < -0.39 is 5.97 Å². The number of benzene rings is 2. The van der Waals surface area contributed by atoms with Crippen LogP contribution in [0.5, 0.6) is 0 Å². The Morgan fingerprint density at radius 2 is 1.50 bits per heavy atom. The number of aliphatic hydroxyl groups is 1.